The number of anilines is 1. The van der Waals surface area contributed by atoms with E-state index in [1.165, 1.54) is 22.2 Å². The van der Waals surface area contributed by atoms with Crippen molar-refractivity contribution in [3.63, 3.8) is 0 Å². The molecule has 0 spiro atoms. The third kappa shape index (κ3) is 3.65. The van der Waals surface area contributed by atoms with Crippen LogP contribution < -0.4 is 4.90 Å². The van der Waals surface area contributed by atoms with Gasteiger partial charge in [0.05, 0.1) is 19.3 Å². The molecule has 1 amide bonds. The van der Waals surface area contributed by atoms with Crippen molar-refractivity contribution in [1.29, 1.82) is 5.26 Å². The van der Waals surface area contributed by atoms with Crippen LogP contribution in [0.2, 0.25) is 0 Å². The highest BCUT2D eigenvalue weighted by Gasteiger charge is 2.33. The molecule has 2 aromatic rings. The first kappa shape index (κ1) is 18.2. The predicted octanol–water partition coefficient (Wildman–Crippen LogP) is 1.92. The van der Waals surface area contributed by atoms with Crippen molar-refractivity contribution in [3.05, 3.63) is 33.6 Å². The van der Waals surface area contributed by atoms with Crippen LogP contribution in [0.5, 0.6) is 0 Å². The van der Waals surface area contributed by atoms with Crippen molar-refractivity contribution < 1.29 is 9.53 Å². The second-order valence-electron chi connectivity index (χ2n) is 6.39. The normalized spacial score (nSPS) is 19.5. The lowest BCUT2D eigenvalue weighted by Crippen LogP contribution is -2.52. The predicted molar refractivity (Wildman–Crippen MR) is 104 cm³/mol. The van der Waals surface area contributed by atoms with Gasteiger partial charge in [-0.15, -0.1) is 11.3 Å². The summed E-state index contributed by atoms with van der Waals surface area (Å²) in [7, 11) is 0. The molecule has 0 N–H and O–H groups in total. The standard InChI is InChI=1S/C18H19N5O2S2/c1-26-18-20-9-13(8-19)16(21-18)22-5-6-25-14(11-22)17(24)23-4-2-15-12(10-23)3-7-27-15/h3,7,9,14H,2,4-6,10-11H2,1H3. The Bertz CT molecular complexity index is 894. The largest absolute Gasteiger partial charge is 0.365 e. The number of hydrogen-bond donors (Lipinski definition) is 0. The van der Waals surface area contributed by atoms with Crippen LogP contribution in [0.3, 0.4) is 0 Å². The number of aromatic nitrogens is 2. The minimum Gasteiger partial charge on any atom is -0.365 e. The van der Waals surface area contributed by atoms with E-state index in [1.807, 2.05) is 16.1 Å². The average Bonchev–Trinajstić information content (AvgIpc) is 3.20. The van der Waals surface area contributed by atoms with Gasteiger partial charge in [0.2, 0.25) is 0 Å². The zero-order valence-electron chi connectivity index (χ0n) is 14.9. The van der Waals surface area contributed by atoms with E-state index in [0.717, 1.165) is 13.0 Å². The molecule has 1 fully saturated rings. The van der Waals surface area contributed by atoms with Gasteiger partial charge in [0.25, 0.3) is 5.91 Å². The Balaban J connectivity index is 1.50. The summed E-state index contributed by atoms with van der Waals surface area (Å²) in [6, 6.07) is 4.24. The smallest absolute Gasteiger partial charge is 0.253 e. The number of ether oxygens (including phenoxy) is 1. The highest BCUT2D eigenvalue weighted by Crippen LogP contribution is 2.26. The molecule has 1 unspecified atom stereocenters. The van der Waals surface area contributed by atoms with Gasteiger partial charge in [0, 0.05) is 24.5 Å². The van der Waals surface area contributed by atoms with E-state index in [2.05, 4.69) is 27.5 Å². The quantitative estimate of drug-likeness (QED) is 0.574. The van der Waals surface area contributed by atoms with Crippen LogP contribution in [0.15, 0.2) is 22.8 Å². The van der Waals surface area contributed by atoms with Gasteiger partial charge >= 0.3 is 0 Å². The molecule has 140 valence electrons. The van der Waals surface area contributed by atoms with Crippen molar-refractivity contribution in [1.82, 2.24) is 14.9 Å². The van der Waals surface area contributed by atoms with Crippen molar-refractivity contribution in [2.24, 2.45) is 0 Å². The summed E-state index contributed by atoms with van der Waals surface area (Å²) < 4.78 is 5.78. The Morgan fingerprint density at radius 3 is 3.19 bits per heavy atom. The van der Waals surface area contributed by atoms with E-state index < -0.39 is 6.10 Å². The minimum absolute atomic E-state index is 0.00852. The molecule has 0 bridgehead atoms. The first-order chi connectivity index (χ1) is 13.2. The maximum Gasteiger partial charge on any atom is 0.253 e. The summed E-state index contributed by atoms with van der Waals surface area (Å²) in [4.78, 5) is 26.9. The fourth-order valence-corrected chi connectivity index (χ4v) is 4.63. The third-order valence-corrected chi connectivity index (χ3v) is 6.40. The van der Waals surface area contributed by atoms with E-state index in [9.17, 15) is 10.1 Å². The van der Waals surface area contributed by atoms with Gasteiger partial charge in [-0.1, -0.05) is 11.8 Å². The number of thiophene rings is 1. The molecule has 9 heteroatoms. The fourth-order valence-electron chi connectivity index (χ4n) is 3.41. The lowest BCUT2D eigenvalue weighted by atomic mass is 10.1. The van der Waals surface area contributed by atoms with Crippen LogP contribution in [0.4, 0.5) is 5.82 Å². The molecule has 1 saturated heterocycles. The molecule has 0 aliphatic carbocycles. The van der Waals surface area contributed by atoms with Gasteiger partial charge < -0.3 is 14.5 Å². The number of nitriles is 1. The molecule has 1 atom stereocenters. The molecule has 2 aliphatic rings. The highest BCUT2D eigenvalue weighted by molar-refractivity contribution is 7.98. The lowest BCUT2D eigenvalue weighted by molar-refractivity contribution is -0.145. The summed E-state index contributed by atoms with van der Waals surface area (Å²) in [5.41, 5.74) is 1.65. The molecular formula is C18H19N5O2S2. The summed E-state index contributed by atoms with van der Waals surface area (Å²) >= 11 is 3.18. The van der Waals surface area contributed by atoms with Crippen molar-refractivity contribution in [3.8, 4) is 6.07 Å². The molecule has 7 nitrogen and oxygen atoms in total. The van der Waals surface area contributed by atoms with E-state index in [0.29, 0.717) is 42.8 Å². The molecule has 0 radical (unpaired) electrons. The number of rotatable bonds is 3. The summed E-state index contributed by atoms with van der Waals surface area (Å²) in [5, 5.41) is 12.1. The van der Waals surface area contributed by atoms with Gasteiger partial charge in [-0.3, -0.25) is 4.79 Å². The number of fused-ring (bicyclic) bond motifs is 1. The summed E-state index contributed by atoms with van der Waals surface area (Å²) in [6.07, 6.45) is 3.80. The van der Waals surface area contributed by atoms with Gasteiger partial charge in [-0.2, -0.15) is 5.26 Å². The maximum absolute atomic E-state index is 13.0. The van der Waals surface area contributed by atoms with Crippen molar-refractivity contribution in [2.75, 3.05) is 37.4 Å². The van der Waals surface area contributed by atoms with E-state index in [-0.39, 0.29) is 5.91 Å². The second-order valence-corrected chi connectivity index (χ2v) is 8.16. The summed E-state index contributed by atoms with van der Waals surface area (Å²) in [6.45, 7) is 2.78. The van der Waals surface area contributed by atoms with E-state index in [4.69, 9.17) is 4.74 Å². The Kier molecular flexibility index (Phi) is 5.29. The topological polar surface area (TPSA) is 82.3 Å². The molecule has 4 heterocycles. The van der Waals surface area contributed by atoms with Gasteiger partial charge in [-0.25, -0.2) is 9.97 Å². The van der Waals surface area contributed by atoms with Crippen LogP contribution in [0.1, 0.15) is 16.0 Å². The van der Waals surface area contributed by atoms with Crippen LogP contribution in [0.25, 0.3) is 0 Å². The monoisotopic (exact) mass is 401 g/mol. The van der Waals surface area contributed by atoms with E-state index >= 15 is 0 Å². The molecule has 0 aromatic carbocycles. The van der Waals surface area contributed by atoms with Crippen LogP contribution in [-0.4, -0.2) is 59.4 Å². The number of thioether (sulfide) groups is 1. The third-order valence-electron chi connectivity index (χ3n) is 4.81. The first-order valence-electron chi connectivity index (χ1n) is 8.71. The SMILES string of the molecule is CSc1ncc(C#N)c(N2CCOC(C(=O)N3CCc4sccc4C3)C2)n1. The Labute approximate surface area is 166 Å². The number of carbonyl (C=O) groups excluding carboxylic acids is 1. The molecule has 0 saturated carbocycles. The van der Waals surface area contributed by atoms with Crippen molar-refractivity contribution >= 4 is 34.8 Å². The molecule has 2 aliphatic heterocycles. The van der Waals surface area contributed by atoms with Crippen LogP contribution in [0, 0.1) is 11.3 Å². The number of hydrogen-bond acceptors (Lipinski definition) is 8. The Morgan fingerprint density at radius 2 is 2.37 bits per heavy atom. The Morgan fingerprint density at radius 1 is 1.48 bits per heavy atom. The molecule has 27 heavy (non-hydrogen) atoms. The molecule has 4 rings (SSSR count). The van der Waals surface area contributed by atoms with Crippen LogP contribution >= 0.6 is 23.1 Å². The number of amides is 1. The fraction of sp³-hybridized carbons (Fsp3) is 0.444. The summed E-state index contributed by atoms with van der Waals surface area (Å²) in [5.74, 6) is 0.589. The average molecular weight is 402 g/mol. The number of carbonyl (C=O) groups is 1. The van der Waals surface area contributed by atoms with Gasteiger partial charge in [-0.05, 0) is 29.7 Å². The molecule has 2 aromatic heterocycles. The van der Waals surface area contributed by atoms with Gasteiger partial charge in [0.1, 0.15) is 11.6 Å². The maximum atomic E-state index is 13.0. The number of morpholine rings is 1. The zero-order valence-corrected chi connectivity index (χ0v) is 16.6. The zero-order chi connectivity index (χ0) is 18.8. The van der Waals surface area contributed by atoms with Gasteiger partial charge in [0.15, 0.2) is 17.1 Å². The number of nitrogens with zero attached hydrogens (tertiary/aromatic N) is 5. The van der Waals surface area contributed by atoms with E-state index in [1.54, 1.807) is 17.5 Å². The second kappa shape index (κ2) is 7.84. The lowest BCUT2D eigenvalue weighted by Gasteiger charge is -2.36. The molecular weight excluding hydrogens is 382 g/mol. The Hall–Kier alpha value is -2.15. The van der Waals surface area contributed by atoms with Crippen LogP contribution in [-0.2, 0) is 22.5 Å². The minimum atomic E-state index is -0.543. The first-order valence-corrected chi connectivity index (χ1v) is 10.8. The highest BCUT2D eigenvalue weighted by atomic mass is 32.2. The van der Waals surface area contributed by atoms with Crippen molar-refractivity contribution in [2.45, 2.75) is 24.2 Å².